The van der Waals surface area contributed by atoms with Crippen LogP contribution in [0.3, 0.4) is 0 Å². The highest BCUT2D eigenvalue weighted by Crippen LogP contribution is 2.51. The van der Waals surface area contributed by atoms with Gasteiger partial charge in [-0.05, 0) is 68.5 Å². The van der Waals surface area contributed by atoms with Crippen molar-refractivity contribution in [2.75, 3.05) is 26.3 Å². The standard InChI is InChI=1S/C24H36N2O2.2C2HF3O2/c1-2-19(12-18-6-4-3-5-7-18)22-13-23(22)25-20-14-24(15-20)8-10-26(11-9-24)21(16-27)17-28;2*3-2(4,5)1(6)7/h3-7,12,20-23,25,27-28H,2,8-11,13-17H2,1H3;2*(H,6,7)/b19-12+;;/t22-,23+;;/m0../s1. The number of aliphatic hydroxyl groups is 2. The van der Waals surface area contributed by atoms with Crippen LogP contribution in [0.2, 0.25) is 0 Å². The fourth-order valence-corrected chi connectivity index (χ4v) is 5.49. The molecule has 1 heterocycles. The fraction of sp³-hybridized carbons (Fsp3) is 0.643. The second-order valence-corrected chi connectivity index (χ2v) is 10.9. The molecule has 4 rings (SSSR count). The SMILES string of the molecule is CC/C(=C\c1ccccc1)[C@@H]1C[C@H]1NC1CC2(CCN(C(CO)CO)CC2)C1.O=C(O)C(F)(F)F.O=C(O)C(F)(F)F. The maximum atomic E-state index is 10.6. The van der Waals surface area contributed by atoms with Gasteiger partial charge in [0.15, 0.2) is 0 Å². The first kappa shape index (κ1) is 35.5. The van der Waals surface area contributed by atoms with Crippen LogP contribution >= 0.6 is 0 Å². The molecule has 5 N–H and O–H groups in total. The minimum atomic E-state index is -5.08. The van der Waals surface area contributed by atoms with Crippen LogP contribution in [-0.2, 0) is 9.59 Å². The topological polar surface area (TPSA) is 130 Å². The van der Waals surface area contributed by atoms with Crippen LogP contribution < -0.4 is 5.32 Å². The quantitative estimate of drug-likeness (QED) is 0.275. The van der Waals surface area contributed by atoms with Gasteiger partial charge in [-0.25, -0.2) is 9.59 Å². The van der Waals surface area contributed by atoms with E-state index in [4.69, 9.17) is 19.8 Å². The maximum Gasteiger partial charge on any atom is 0.490 e. The fourth-order valence-electron chi connectivity index (χ4n) is 5.49. The Bertz CT molecular complexity index is 1010. The number of rotatable bonds is 8. The number of aliphatic hydroxyl groups excluding tert-OH is 2. The molecule has 1 aromatic rings. The molecule has 3 aliphatic rings. The zero-order chi connectivity index (χ0) is 31.7. The van der Waals surface area contributed by atoms with Gasteiger partial charge in [-0.15, -0.1) is 0 Å². The van der Waals surface area contributed by atoms with E-state index in [1.807, 2.05) is 0 Å². The number of aliphatic carboxylic acids is 2. The molecule has 2 saturated carbocycles. The Hall–Kier alpha value is -2.68. The van der Waals surface area contributed by atoms with Crippen LogP contribution in [0.25, 0.3) is 6.08 Å². The first-order chi connectivity index (χ1) is 19.5. The Balaban J connectivity index is 0.000000367. The average Bonchev–Trinajstić information content (AvgIpc) is 3.67. The van der Waals surface area contributed by atoms with Gasteiger partial charge < -0.3 is 25.7 Å². The second-order valence-electron chi connectivity index (χ2n) is 10.9. The Kier molecular flexibility index (Phi) is 12.8. The lowest BCUT2D eigenvalue weighted by Gasteiger charge is -2.53. The third kappa shape index (κ3) is 10.9. The van der Waals surface area contributed by atoms with Gasteiger partial charge in [0.2, 0.25) is 0 Å². The second kappa shape index (κ2) is 15.2. The number of nitrogens with zero attached hydrogens (tertiary/aromatic N) is 1. The molecule has 0 radical (unpaired) electrons. The van der Waals surface area contributed by atoms with E-state index in [0.717, 1.165) is 25.4 Å². The summed E-state index contributed by atoms with van der Waals surface area (Å²) in [6.07, 6.45) is -0.317. The lowest BCUT2D eigenvalue weighted by Crippen LogP contribution is -2.56. The molecular weight excluding hydrogens is 574 g/mol. The molecule has 14 heteroatoms. The van der Waals surface area contributed by atoms with E-state index in [2.05, 4.69) is 53.5 Å². The zero-order valence-electron chi connectivity index (χ0n) is 23.2. The molecule has 1 saturated heterocycles. The van der Waals surface area contributed by atoms with E-state index in [-0.39, 0.29) is 19.3 Å². The predicted molar refractivity (Wildman–Crippen MR) is 141 cm³/mol. The van der Waals surface area contributed by atoms with Crippen molar-refractivity contribution in [3.8, 4) is 0 Å². The Labute approximate surface area is 240 Å². The monoisotopic (exact) mass is 612 g/mol. The van der Waals surface area contributed by atoms with Crippen molar-refractivity contribution >= 4 is 18.0 Å². The van der Waals surface area contributed by atoms with Crippen molar-refractivity contribution in [2.24, 2.45) is 11.3 Å². The van der Waals surface area contributed by atoms with Crippen molar-refractivity contribution in [1.82, 2.24) is 10.2 Å². The highest BCUT2D eigenvalue weighted by atomic mass is 19.4. The molecule has 42 heavy (non-hydrogen) atoms. The molecule has 8 nitrogen and oxygen atoms in total. The predicted octanol–water partition coefficient (Wildman–Crippen LogP) is 4.32. The number of hydrogen-bond donors (Lipinski definition) is 5. The smallest absolute Gasteiger partial charge is 0.475 e. The van der Waals surface area contributed by atoms with Gasteiger partial charge in [-0.3, -0.25) is 4.90 Å². The van der Waals surface area contributed by atoms with Crippen LogP contribution in [0.15, 0.2) is 35.9 Å². The molecule has 1 aromatic carbocycles. The van der Waals surface area contributed by atoms with Crippen LogP contribution in [-0.4, -0.2) is 94.0 Å². The van der Waals surface area contributed by atoms with Crippen molar-refractivity contribution < 1.29 is 56.4 Å². The first-order valence-electron chi connectivity index (χ1n) is 13.6. The number of likely N-dealkylation sites (tertiary alicyclic amines) is 1. The van der Waals surface area contributed by atoms with E-state index in [1.165, 1.54) is 37.7 Å². The van der Waals surface area contributed by atoms with Gasteiger partial charge in [0, 0.05) is 12.1 Å². The Morgan fingerprint density at radius 2 is 1.45 bits per heavy atom. The number of piperidine rings is 1. The lowest BCUT2D eigenvalue weighted by molar-refractivity contribution is -0.193. The Morgan fingerprint density at radius 3 is 1.86 bits per heavy atom. The van der Waals surface area contributed by atoms with Crippen molar-refractivity contribution in [3.63, 3.8) is 0 Å². The molecule has 0 amide bonds. The Morgan fingerprint density at radius 1 is 0.976 bits per heavy atom. The zero-order valence-corrected chi connectivity index (χ0v) is 23.2. The van der Waals surface area contributed by atoms with Crippen LogP contribution in [0.4, 0.5) is 26.3 Å². The van der Waals surface area contributed by atoms with E-state index >= 15 is 0 Å². The van der Waals surface area contributed by atoms with E-state index < -0.39 is 24.3 Å². The number of carbonyl (C=O) groups is 2. The lowest BCUT2D eigenvalue weighted by atomic mass is 9.60. The summed E-state index contributed by atoms with van der Waals surface area (Å²) in [5, 5.41) is 37.0. The van der Waals surface area contributed by atoms with Gasteiger partial charge in [0.25, 0.3) is 0 Å². The summed E-state index contributed by atoms with van der Waals surface area (Å²) in [6.45, 7) is 4.44. The van der Waals surface area contributed by atoms with Crippen molar-refractivity contribution in [3.05, 3.63) is 41.5 Å². The molecule has 0 bridgehead atoms. The molecule has 2 atom stereocenters. The van der Waals surface area contributed by atoms with E-state index in [0.29, 0.717) is 17.5 Å². The number of carboxylic acids is 2. The third-order valence-corrected chi connectivity index (χ3v) is 7.92. The molecule has 0 aromatic heterocycles. The largest absolute Gasteiger partial charge is 0.490 e. The average molecular weight is 613 g/mol. The number of benzene rings is 1. The third-order valence-electron chi connectivity index (χ3n) is 7.92. The van der Waals surface area contributed by atoms with Gasteiger partial charge in [-0.1, -0.05) is 48.9 Å². The molecule has 3 fully saturated rings. The van der Waals surface area contributed by atoms with E-state index in [9.17, 15) is 36.6 Å². The summed E-state index contributed by atoms with van der Waals surface area (Å²) in [5.74, 6) is -4.79. The van der Waals surface area contributed by atoms with Crippen LogP contribution in [0.5, 0.6) is 0 Å². The highest BCUT2D eigenvalue weighted by molar-refractivity contribution is 5.73. The van der Waals surface area contributed by atoms with Gasteiger partial charge in [0.05, 0.1) is 19.3 Å². The summed E-state index contributed by atoms with van der Waals surface area (Å²) < 4.78 is 63.5. The maximum absolute atomic E-state index is 10.6. The molecule has 1 spiro atoms. The van der Waals surface area contributed by atoms with E-state index in [1.54, 1.807) is 5.57 Å². The molecule has 2 aliphatic carbocycles. The summed E-state index contributed by atoms with van der Waals surface area (Å²) in [7, 11) is 0. The summed E-state index contributed by atoms with van der Waals surface area (Å²) in [4.78, 5) is 20.1. The molecule has 238 valence electrons. The molecule has 0 unspecified atom stereocenters. The minimum absolute atomic E-state index is 0.0625. The minimum Gasteiger partial charge on any atom is -0.475 e. The van der Waals surface area contributed by atoms with Gasteiger partial charge in [0.1, 0.15) is 0 Å². The summed E-state index contributed by atoms with van der Waals surface area (Å²) >= 11 is 0. The number of alkyl halides is 6. The highest BCUT2D eigenvalue weighted by Gasteiger charge is 2.49. The van der Waals surface area contributed by atoms with Crippen LogP contribution in [0.1, 0.15) is 51.0 Å². The van der Waals surface area contributed by atoms with Gasteiger partial charge in [-0.2, -0.15) is 26.3 Å². The number of carboxylic acid groups (broad SMARTS) is 2. The molecular formula is C28H38F6N2O6. The molecule has 1 aliphatic heterocycles. The first-order valence-corrected chi connectivity index (χ1v) is 13.6. The summed E-state index contributed by atoms with van der Waals surface area (Å²) in [6, 6.07) is 12.0. The summed E-state index contributed by atoms with van der Waals surface area (Å²) in [5.41, 5.74) is 3.43. The van der Waals surface area contributed by atoms with Crippen LogP contribution in [0, 0.1) is 11.3 Å². The number of nitrogens with one attached hydrogen (secondary N) is 1. The van der Waals surface area contributed by atoms with Crippen molar-refractivity contribution in [1.29, 1.82) is 0 Å². The van der Waals surface area contributed by atoms with Crippen molar-refractivity contribution in [2.45, 2.75) is 75.9 Å². The number of hydrogen-bond acceptors (Lipinski definition) is 6. The number of halogens is 6. The normalized spacial score (nSPS) is 22.4. The van der Waals surface area contributed by atoms with Gasteiger partial charge >= 0.3 is 24.3 Å².